The van der Waals surface area contributed by atoms with Gasteiger partial charge in [-0.2, -0.15) is 5.26 Å². The fourth-order valence-corrected chi connectivity index (χ4v) is 5.40. The number of ether oxygens (including phenoxy) is 1. The van der Waals surface area contributed by atoms with Gasteiger partial charge in [0.05, 0.1) is 17.7 Å². The summed E-state index contributed by atoms with van der Waals surface area (Å²) >= 11 is 0. The van der Waals surface area contributed by atoms with Crippen molar-refractivity contribution < 1.29 is 9.53 Å². The van der Waals surface area contributed by atoms with Crippen LogP contribution in [0.15, 0.2) is 54.6 Å². The van der Waals surface area contributed by atoms with E-state index >= 15 is 0 Å². The third kappa shape index (κ3) is 3.28. The van der Waals surface area contributed by atoms with Crippen LogP contribution in [0.4, 0.5) is 4.79 Å². The molecule has 0 radical (unpaired) electrons. The summed E-state index contributed by atoms with van der Waals surface area (Å²) in [6.07, 6.45) is 3.88. The molecular formula is C24H25N3O2. The minimum Gasteiger partial charge on any atom is -0.441 e. The number of nitrogens with zero attached hydrogens (tertiary/aromatic N) is 3. The number of piperidine rings is 2. The summed E-state index contributed by atoms with van der Waals surface area (Å²) in [6.45, 7) is 2.07. The Labute approximate surface area is 171 Å². The number of benzene rings is 2. The molecule has 0 N–H and O–H groups in total. The van der Waals surface area contributed by atoms with Gasteiger partial charge in [-0.1, -0.05) is 42.5 Å². The summed E-state index contributed by atoms with van der Waals surface area (Å²) in [5, 5.41) is 9.24. The topological polar surface area (TPSA) is 56.6 Å². The van der Waals surface area contributed by atoms with Gasteiger partial charge in [-0.25, -0.2) is 4.79 Å². The first-order chi connectivity index (χ1) is 14.2. The Kier molecular flexibility index (Phi) is 4.52. The van der Waals surface area contributed by atoms with Crippen LogP contribution in [-0.2, 0) is 17.8 Å². The first-order valence-electron chi connectivity index (χ1n) is 10.4. The molecule has 3 saturated heterocycles. The van der Waals surface area contributed by atoms with Crippen molar-refractivity contribution in [3.63, 3.8) is 0 Å². The molecule has 1 spiro atoms. The molecule has 1 aliphatic carbocycles. The standard InChI is InChI=1S/C24H25N3O2/c25-14-19-7-4-8-20(13-19)16-27-21-9-11-24(12-10-21)22(27)17-26(23(28)29-24)15-18-5-2-1-3-6-18/h1-8,13,21-22H,9-12,15-17H2. The molecule has 0 aromatic heterocycles. The Morgan fingerprint density at radius 3 is 2.55 bits per heavy atom. The molecule has 2 aromatic rings. The highest BCUT2D eigenvalue weighted by atomic mass is 16.6. The van der Waals surface area contributed by atoms with Crippen LogP contribution in [0.5, 0.6) is 0 Å². The van der Waals surface area contributed by atoms with Crippen LogP contribution in [0, 0.1) is 11.3 Å². The van der Waals surface area contributed by atoms with Gasteiger partial charge in [-0.3, -0.25) is 4.90 Å². The summed E-state index contributed by atoms with van der Waals surface area (Å²) in [6, 6.07) is 20.9. The van der Waals surface area contributed by atoms with Gasteiger partial charge in [0.1, 0.15) is 5.60 Å². The average Bonchev–Trinajstić information content (AvgIpc) is 2.76. The van der Waals surface area contributed by atoms with Crippen LogP contribution >= 0.6 is 0 Å². The lowest BCUT2D eigenvalue weighted by atomic mass is 9.69. The Balaban J connectivity index is 1.41. The highest BCUT2D eigenvalue weighted by Crippen LogP contribution is 2.48. The third-order valence-corrected chi connectivity index (χ3v) is 6.86. The van der Waals surface area contributed by atoms with E-state index < -0.39 is 0 Å². The molecule has 2 bridgehead atoms. The summed E-state index contributed by atoms with van der Waals surface area (Å²) in [5.41, 5.74) is 2.61. The first kappa shape index (κ1) is 18.2. The predicted octanol–water partition coefficient (Wildman–Crippen LogP) is 4.08. The maximum absolute atomic E-state index is 12.8. The minimum absolute atomic E-state index is 0.183. The van der Waals surface area contributed by atoms with Crippen molar-refractivity contribution in [2.24, 2.45) is 0 Å². The zero-order valence-corrected chi connectivity index (χ0v) is 16.5. The summed E-state index contributed by atoms with van der Waals surface area (Å²) < 4.78 is 6.16. The number of amides is 1. The number of fused-ring (bicyclic) bond motifs is 2. The van der Waals surface area contributed by atoms with Gasteiger partial charge in [0.25, 0.3) is 0 Å². The van der Waals surface area contributed by atoms with Crippen molar-refractivity contribution in [3.8, 4) is 6.07 Å². The fourth-order valence-electron chi connectivity index (χ4n) is 5.40. The van der Waals surface area contributed by atoms with E-state index in [1.807, 2.05) is 41.3 Å². The maximum Gasteiger partial charge on any atom is 0.410 e. The van der Waals surface area contributed by atoms with E-state index in [0.29, 0.717) is 24.7 Å². The highest BCUT2D eigenvalue weighted by molar-refractivity contribution is 5.69. The molecule has 1 atom stereocenters. The lowest BCUT2D eigenvalue weighted by molar-refractivity contribution is -0.181. The molecule has 148 valence electrons. The van der Waals surface area contributed by atoms with E-state index in [-0.39, 0.29) is 17.7 Å². The SMILES string of the molecule is N#Cc1cccc(CN2C3CCC4(CC3)OC(=O)N(Cc3ccccc3)CC24)c1. The second-order valence-electron chi connectivity index (χ2n) is 8.53. The van der Waals surface area contributed by atoms with Crippen molar-refractivity contribution in [3.05, 3.63) is 71.3 Å². The van der Waals surface area contributed by atoms with Gasteiger partial charge in [0, 0.05) is 25.7 Å². The quantitative estimate of drug-likeness (QED) is 0.793. The fraction of sp³-hybridized carbons (Fsp3) is 0.417. The molecule has 1 amide bonds. The van der Waals surface area contributed by atoms with Crippen molar-refractivity contribution in [2.45, 2.75) is 56.5 Å². The Morgan fingerprint density at radius 1 is 1.03 bits per heavy atom. The van der Waals surface area contributed by atoms with E-state index in [9.17, 15) is 10.1 Å². The Bertz CT molecular complexity index is 944. The van der Waals surface area contributed by atoms with E-state index in [2.05, 4.69) is 29.2 Å². The number of carbonyl (C=O) groups excluding carboxylic acids is 1. The molecular weight excluding hydrogens is 362 g/mol. The molecule has 6 rings (SSSR count). The predicted molar refractivity (Wildman–Crippen MR) is 109 cm³/mol. The number of hydrogen-bond donors (Lipinski definition) is 0. The van der Waals surface area contributed by atoms with Gasteiger partial charge in [-0.05, 0) is 48.9 Å². The van der Waals surface area contributed by atoms with E-state index in [1.54, 1.807) is 0 Å². The van der Waals surface area contributed by atoms with E-state index in [1.165, 1.54) is 0 Å². The molecule has 3 heterocycles. The number of hydrogen-bond acceptors (Lipinski definition) is 4. The molecule has 29 heavy (non-hydrogen) atoms. The summed E-state index contributed by atoms with van der Waals surface area (Å²) in [5.74, 6) is 0. The van der Waals surface area contributed by atoms with Gasteiger partial charge < -0.3 is 9.64 Å². The monoisotopic (exact) mass is 387 g/mol. The molecule has 4 fully saturated rings. The van der Waals surface area contributed by atoms with Gasteiger partial charge in [0.2, 0.25) is 0 Å². The lowest BCUT2D eigenvalue weighted by Crippen LogP contribution is -2.72. The Morgan fingerprint density at radius 2 is 1.79 bits per heavy atom. The maximum atomic E-state index is 12.8. The van der Waals surface area contributed by atoms with Gasteiger partial charge >= 0.3 is 6.09 Å². The second-order valence-corrected chi connectivity index (χ2v) is 8.53. The third-order valence-electron chi connectivity index (χ3n) is 6.86. The smallest absolute Gasteiger partial charge is 0.410 e. The zero-order valence-electron chi connectivity index (χ0n) is 16.5. The molecule has 5 heteroatoms. The largest absolute Gasteiger partial charge is 0.441 e. The lowest BCUT2D eigenvalue weighted by Gasteiger charge is -2.60. The minimum atomic E-state index is -0.355. The van der Waals surface area contributed by atoms with Crippen molar-refractivity contribution in [1.29, 1.82) is 5.26 Å². The van der Waals surface area contributed by atoms with Crippen LogP contribution in [-0.4, -0.2) is 40.1 Å². The van der Waals surface area contributed by atoms with E-state index in [0.717, 1.165) is 43.4 Å². The highest BCUT2D eigenvalue weighted by Gasteiger charge is 2.57. The van der Waals surface area contributed by atoms with Crippen molar-refractivity contribution >= 4 is 6.09 Å². The van der Waals surface area contributed by atoms with Crippen molar-refractivity contribution in [2.75, 3.05) is 6.54 Å². The molecule has 5 nitrogen and oxygen atoms in total. The van der Waals surface area contributed by atoms with Crippen LogP contribution in [0.25, 0.3) is 0 Å². The zero-order chi connectivity index (χ0) is 19.8. The van der Waals surface area contributed by atoms with Crippen LogP contribution in [0.3, 0.4) is 0 Å². The van der Waals surface area contributed by atoms with Gasteiger partial charge in [0.15, 0.2) is 0 Å². The number of nitriles is 1. The molecule has 1 unspecified atom stereocenters. The van der Waals surface area contributed by atoms with Crippen molar-refractivity contribution in [1.82, 2.24) is 9.80 Å². The van der Waals surface area contributed by atoms with Crippen LogP contribution in [0.2, 0.25) is 0 Å². The average molecular weight is 387 g/mol. The molecule has 4 aliphatic rings. The molecule has 1 saturated carbocycles. The summed E-state index contributed by atoms with van der Waals surface area (Å²) in [7, 11) is 0. The second kappa shape index (κ2) is 7.20. The summed E-state index contributed by atoms with van der Waals surface area (Å²) in [4.78, 5) is 17.2. The van der Waals surface area contributed by atoms with Crippen LogP contribution < -0.4 is 0 Å². The number of rotatable bonds is 4. The Hall–Kier alpha value is -2.84. The van der Waals surface area contributed by atoms with Crippen LogP contribution in [0.1, 0.15) is 42.4 Å². The molecule has 3 aliphatic heterocycles. The number of carbonyl (C=O) groups is 1. The van der Waals surface area contributed by atoms with E-state index in [4.69, 9.17) is 4.74 Å². The normalized spacial score (nSPS) is 28.5. The van der Waals surface area contributed by atoms with Gasteiger partial charge in [-0.15, -0.1) is 0 Å². The molecule has 2 aromatic carbocycles. The first-order valence-corrected chi connectivity index (χ1v) is 10.4.